The van der Waals surface area contributed by atoms with Crippen LogP contribution in [0.4, 0.5) is 11.5 Å². The maximum absolute atomic E-state index is 13.3. The summed E-state index contributed by atoms with van der Waals surface area (Å²) in [6.45, 7) is 6.66. The van der Waals surface area contributed by atoms with Crippen molar-refractivity contribution in [2.45, 2.75) is 39.2 Å². The molecule has 1 amide bonds. The molecule has 0 spiro atoms. The van der Waals surface area contributed by atoms with Crippen LogP contribution in [0.15, 0.2) is 79.5 Å². The molecule has 0 saturated carbocycles. The highest BCUT2D eigenvalue weighted by Crippen LogP contribution is 2.25. The lowest BCUT2D eigenvalue weighted by Crippen LogP contribution is -2.42. The SMILES string of the molecule is CCc1cc(-n2ccnc2)cc(C)c1C(=O)NC(Cc1ccc(N2CCC(CNc3ccccn3)C2)cc1)C(=O)O. The monoisotopic (exact) mass is 552 g/mol. The number of aryl methyl sites for hydroxylation is 2. The van der Waals surface area contributed by atoms with Crippen molar-refractivity contribution < 1.29 is 14.7 Å². The van der Waals surface area contributed by atoms with Gasteiger partial charge in [-0.3, -0.25) is 4.79 Å². The molecule has 0 bridgehead atoms. The quantitative estimate of drug-likeness (QED) is 0.251. The van der Waals surface area contributed by atoms with Crippen molar-refractivity contribution in [3.05, 3.63) is 102 Å². The van der Waals surface area contributed by atoms with E-state index >= 15 is 0 Å². The van der Waals surface area contributed by atoms with Gasteiger partial charge in [-0.15, -0.1) is 0 Å². The van der Waals surface area contributed by atoms with E-state index in [2.05, 4.69) is 25.5 Å². The fourth-order valence-electron chi connectivity index (χ4n) is 5.46. The molecular formula is C32H36N6O3. The minimum absolute atomic E-state index is 0.200. The molecule has 2 aromatic carbocycles. The molecule has 4 aromatic rings. The van der Waals surface area contributed by atoms with Crippen molar-refractivity contribution in [1.82, 2.24) is 19.9 Å². The molecule has 3 N–H and O–H groups in total. The van der Waals surface area contributed by atoms with Gasteiger partial charge >= 0.3 is 5.97 Å². The van der Waals surface area contributed by atoms with Crippen LogP contribution in [0, 0.1) is 12.8 Å². The zero-order valence-electron chi connectivity index (χ0n) is 23.5. The summed E-state index contributed by atoms with van der Waals surface area (Å²) in [6, 6.07) is 16.7. The van der Waals surface area contributed by atoms with E-state index in [1.807, 2.05) is 79.2 Å². The second-order valence-electron chi connectivity index (χ2n) is 10.6. The normalized spacial score (nSPS) is 15.5. The van der Waals surface area contributed by atoms with Crippen LogP contribution < -0.4 is 15.5 Å². The number of amides is 1. The summed E-state index contributed by atoms with van der Waals surface area (Å²) in [4.78, 5) is 36.3. The van der Waals surface area contributed by atoms with E-state index in [-0.39, 0.29) is 12.3 Å². The summed E-state index contributed by atoms with van der Waals surface area (Å²) in [5.41, 5.74) is 5.07. The van der Waals surface area contributed by atoms with Crippen LogP contribution in [-0.4, -0.2) is 57.2 Å². The number of benzene rings is 2. The maximum atomic E-state index is 13.3. The van der Waals surface area contributed by atoms with Gasteiger partial charge in [0.05, 0.1) is 6.33 Å². The number of carbonyl (C=O) groups is 2. The van der Waals surface area contributed by atoms with E-state index in [1.54, 1.807) is 18.7 Å². The van der Waals surface area contributed by atoms with Gasteiger partial charge in [-0.1, -0.05) is 25.1 Å². The van der Waals surface area contributed by atoms with Gasteiger partial charge in [-0.25, -0.2) is 14.8 Å². The van der Waals surface area contributed by atoms with Gasteiger partial charge in [0, 0.05) is 61.6 Å². The predicted octanol–water partition coefficient (Wildman–Crippen LogP) is 4.50. The molecule has 2 unspecified atom stereocenters. The Bertz CT molecular complexity index is 1470. The molecular weight excluding hydrogens is 516 g/mol. The second kappa shape index (κ2) is 12.7. The highest BCUT2D eigenvalue weighted by molar-refractivity contribution is 5.99. The first-order valence-electron chi connectivity index (χ1n) is 14.1. The molecule has 1 fully saturated rings. The van der Waals surface area contributed by atoms with Gasteiger partial charge in [0.1, 0.15) is 11.9 Å². The van der Waals surface area contributed by atoms with Crippen molar-refractivity contribution in [2.24, 2.45) is 5.92 Å². The van der Waals surface area contributed by atoms with Crippen LogP contribution in [0.1, 0.15) is 40.4 Å². The summed E-state index contributed by atoms with van der Waals surface area (Å²) in [6.07, 6.45) is 8.99. The second-order valence-corrected chi connectivity index (χ2v) is 10.6. The van der Waals surface area contributed by atoms with Crippen LogP contribution in [0.25, 0.3) is 5.69 Å². The third-order valence-corrected chi connectivity index (χ3v) is 7.68. The number of rotatable bonds is 11. The molecule has 1 aliphatic heterocycles. The minimum atomic E-state index is -1.06. The van der Waals surface area contributed by atoms with E-state index in [0.29, 0.717) is 17.9 Å². The maximum Gasteiger partial charge on any atom is 0.326 e. The molecule has 41 heavy (non-hydrogen) atoms. The molecule has 1 saturated heterocycles. The molecule has 5 rings (SSSR count). The lowest BCUT2D eigenvalue weighted by molar-refractivity contribution is -0.139. The van der Waals surface area contributed by atoms with Gasteiger partial charge in [-0.05, 0) is 78.8 Å². The zero-order valence-corrected chi connectivity index (χ0v) is 23.5. The topological polar surface area (TPSA) is 112 Å². The number of carbonyl (C=O) groups excluding carboxylic acids is 1. The van der Waals surface area contributed by atoms with Gasteiger partial charge in [0.2, 0.25) is 0 Å². The number of hydrogen-bond acceptors (Lipinski definition) is 6. The number of imidazole rings is 1. The Morgan fingerprint density at radius 1 is 1.10 bits per heavy atom. The van der Waals surface area contributed by atoms with Crippen molar-refractivity contribution in [2.75, 3.05) is 29.9 Å². The summed E-state index contributed by atoms with van der Waals surface area (Å²) in [7, 11) is 0. The number of nitrogens with one attached hydrogen (secondary N) is 2. The Morgan fingerprint density at radius 2 is 1.93 bits per heavy atom. The Morgan fingerprint density at radius 3 is 2.61 bits per heavy atom. The van der Waals surface area contributed by atoms with Crippen molar-refractivity contribution in [3.8, 4) is 5.69 Å². The Labute approximate surface area is 240 Å². The summed E-state index contributed by atoms with van der Waals surface area (Å²) < 4.78 is 1.89. The van der Waals surface area contributed by atoms with E-state index < -0.39 is 12.0 Å². The summed E-state index contributed by atoms with van der Waals surface area (Å²) in [5.74, 6) is -0.0179. The van der Waals surface area contributed by atoms with Crippen LogP contribution in [0.2, 0.25) is 0 Å². The minimum Gasteiger partial charge on any atom is -0.480 e. The first-order chi connectivity index (χ1) is 19.9. The number of aliphatic carboxylic acids is 1. The van der Waals surface area contributed by atoms with E-state index in [1.165, 1.54) is 0 Å². The molecule has 2 aromatic heterocycles. The molecule has 2 atom stereocenters. The number of hydrogen-bond donors (Lipinski definition) is 3. The molecule has 212 valence electrons. The molecule has 9 heteroatoms. The Balaban J connectivity index is 1.20. The number of carboxylic acids is 1. The Kier molecular flexibility index (Phi) is 8.62. The predicted molar refractivity (Wildman–Crippen MR) is 160 cm³/mol. The fourth-order valence-corrected chi connectivity index (χ4v) is 5.46. The lowest BCUT2D eigenvalue weighted by atomic mass is 9.97. The third-order valence-electron chi connectivity index (χ3n) is 7.68. The summed E-state index contributed by atoms with van der Waals surface area (Å²) in [5, 5.41) is 16.1. The smallest absolute Gasteiger partial charge is 0.326 e. The fraction of sp³-hybridized carbons (Fsp3) is 0.312. The molecule has 0 radical (unpaired) electrons. The largest absolute Gasteiger partial charge is 0.480 e. The third kappa shape index (κ3) is 6.74. The average molecular weight is 553 g/mol. The van der Waals surface area contributed by atoms with Crippen LogP contribution in [0.3, 0.4) is 0 Å². The highest BCUT2D eigenvalue weighted by atomic mass is 16.4. The highest BCUT2D eigenvalue weighted by Gasteiger charge is 2.25. The molecule has 0 aliphatic carbocycles. The van der Waals surface area contributed by atoms with Crippen LogP contribution in [0.5, 0.6) is 0 Å². The molecule has 1 aliphatic rings. The van der Waals surface area contributed by atoms with Gasteiger partial charge in [0.15, 0.2) is 0 Å². The van der Waals surface area contributed by atoms with Gasteiger partial charge in [0.25, 0.3) is 5.91 Å². The van der Waals surface area contributed by atoms with Crippen molar-refractivity contribution in [3.63, 3.8) is 0 Å². The first kappa shape index (κ1) is 27.9. The van der Waals surface area contributed by atoms with E-state index in [4.69, 9.17) is 0 Å². The van der Waals surface area contributed by atoms with E-state index in [0.717, 1.165) is 59.9 Å². The molecule has 3 heterocycles. The van der Waals surface area contributed by atoms with Crippen molar-refractivity contribution in [1.29, 1.82) is 0 Å². The number of carboxylic acid groups (broad SMARTS) is 1. The first-order valence-corrected chi connectivity index (χ1v) is 14.1. The number of nitrogens with zero attached hydrogens (tertiary/aromatic N) is 4. The van der Waals surface area contributed by atoms with Crippen molar-refractivity contribution >= 4 is 23.4 Å². The Hall–Kier alpha value is -4.66. The number of pyridine rings is 1. The molecule has 9 nitrogen and oxygen atoms in total. The average Bonchev–Trinajstić information content (AvgIpc) is 3.69. The van der Waals surface area contributed by atoms with Crippen LogP contribution >= 0.6 is 0 Å². The van der Waals surface area contributed by atoms with E-state index in [9.17, 15) is 14.7 Å². The summed E-state index contributed by atoms with van der Waals surface area (Å²) >= 11 is 0. The van der Waals surface area contributed by atoms with Crippen LogP contribution in [-0.2, 0) is 17.6 Å². The standard InChI is InChI=1S/C32H36N6O3/c1-3-25-18-27(38-15-13-33-21-38)16-22(2)30(25)31(39)36-28(32(40)41)17-23-7-9-26(10-8-23)37-14-11-24(20-37)19-35-29-6-4-5-12-34-29/h4-10,12-13,15-16,18,21,24,28H,3,11,14,17,19-20H2,1-2H3,(H,34,35)(H,36,39)(H,40,41). The zero-order chi connectivity index (χ0) is 28.8. The van der Waals surface area contributed by atoms with Gasteiger partial charge < -0.3 is 25.2 Å². The van der Waals surface area contributed by atoms with Gasteiger partial charge in [-0.2, -0.15) is 0 Å². The number of anilines is 2. The number of aromatic nitrogens is 3. The lowest BCUT2D eigenvalue weighted by Gasteiger charge is -2.21.